The smallest absolute Gasteiger partial charge is 0.251 e. The lowest BCUT2D eigenvalue weighted by atomic mass is 10.0. The van der Waals surface area contributed by atoms with Crippen LogP contribution in [0.25, 0.3) is 0 Å². The largest absolute Gasteiger partial charge is 0.354 e. The fourth-order valence-electron chi connectivity index (χ4n) is 2.89. The lowest BCUT2D eigenvalue weighted by Crippen LogP contribution is -2.48. The summed E-state index contributed by atoms with van der Waals surface area (Å²) >= 11 is 0. The van der Waals surface area contributed by atoms with Crippen LogP contribution < -0.4 is 10.6 Å². The van der Waals surface area contributed by atoms with Crippen molar-refractivity contribution < 1.29 is 18.0 Å². The number of amides is 2. The number of hydrogen-bond donors (Lipinski definition) is 2. The van der Waals surface area contributed by atoms with Crippen LogP contribution in [-0.4, -0.2) is 56.5 Å². The van der Waals surface area contributed by atoms with Gasteiger partial charge in [0.1, 0.15) is 6.04 Å². The molecule has 0 fully saturated rings. The second-order valence-electron chi connectivity index (χ2n) is 6.95. The minimum atomic E-state index is -3.24. The molecule has 0 aliphatic carbocycles. The third-order valence-corrected chi connectivity index (χ3v) is 6.59. The summed E-state index contributed by atoms with van der Waals surface area (Å²) in [6, 6.07) is 17.5. The Labute approximate surface area is 178 Å². The lowest BCUT2D eigenvalue weighted by Gasteiger charge is -2.20. The Balaban J connectivity index is 1.97. The first kappa shape index (κ1) is 23.6. The Hall–Kier alpha value is -2.71. The van der Waals surface area contributed by atoms with Crippen LogP contribution in [0, 0.1) is 0 Å². The van der Waals surface area contributed by atoms with E-state index in [1.54, 1.807) is 31.2 Å². The van der Waals surface area contributed by atoms with E-state index in [0.717, 1.165) is 5.56 Å². The van der Waals surface area contributed by atoms with Crippen molar-refractivity contribution in [3.8, 4) is 0 Å². The summed E-state index contributed by atoms with van der Waals surface area (Å²) in [5.41, 5.74) is 1.41. The molecule has 0 aliphatic rings. The second kappa shape index (κ2) is 11.5. The summed E-state index contributed by atoms with van der Waals surface area (Å²) < 4.78 is 24.9. The molecule has 30 heavy (non-hydrogen) atoms. The predicted octanol–water partition coefficient (Wildman–Crippen LogP) is 1.82. The van der Waals surface area contributed by atoms with Gasteiger partial charge >= 0.3 is 0 Å². The summed E-state index contributed by atoms with van der Waals surface area (Å²) in [6.45, 7) is 2.22. The van der Waals surface area contributed by atoms with Gasteiger partial charge in [-0.2, -0.15) is 0 Å². The monoisotopic (exact) mass is 431 g/mol. The van der Waals surface area contributed by atoms with E-state index in [9.17, 15) is 18.0 Å². The van der Waals surface area contributed by atoms with Gasteiger partial charge in [0.05, 0.1) is 5.75 Å². The van der Waals surface area contributed by atoms with Gasteiger partial charge in [-0.25, -0.2) is 12.7 Å². The molecule has 1 unspecified atom stereocenters. The normalized spacial score (nSPS) is 12.4. The van der Waals surface area contributed by atoms with Crippen LogP contribution in [0.2, 0.25) is 0 Å². The third-order valence-electron chi connectivity index (χ3n) is 4.73. The Morgan fingerprint density at radius 2 is 1.60 bits per heavy atom. The Kier molecular flexibility index (Phi) is 9.01. The summed E-state index contributed by atoms with van der Waals surface area (Å²) in [5.74, 6) is -0.579. The molecule has 0 saturated heterocycles. The van der Waals surface area contributed by atoms with Crippen LogP contribution in [0.15, 0.2) is 60.7 Å². The fourth-order valence-corrected chi connectivity index (χ4v) is 3.73. The van der Waals surface area contributed by atoms with Crippen LogP contribution in [-0.2, 0) is 21.2 Å². The maximum absolute atomic E-state index is 12.8. The summed E-state index contributed by atoms with van der Waals surface area (Å²) in [6.07, 6.45) is 0.835. The number of sulfonamides is 1. The molecule has 2 rings (SSSR count). The van der Waals surface area contributed by atoms with Gasteiger partial charge in [0.25, 0.3) is 5.91 Å². The first-order valence-corrected chi connectivity index (χ1v) is 11.6. The van der Waals surface area contributed by atoms with Gasteiger partial charge in [-0.1, -0.05) is 48.5 Å². The molecule has 0 radical (unpaired) electrons. The van der Waals surface area contributed by atoms with Crippen molar-refractivity contribution in [1.29, 1.82) is 0 Å². The third kappa shape index (κ3) is 7.27. The van der Waals surface area contributed by atoms with E-state index in [0.29, 0.717) is 31.5 Å². The van der Waals surface area contributed by atoms with Gasteiger partial charge in [-0.05, 0) is 31.0 Å². The van der Waals surface area contributed by atoms with Crippen LogP contribution in [0.3, 0.4) is 0 Å². The number of hydrogen-bond acceptors (Lipinski definition) is 4. The quantitative estimate of drug-likeness (QED) is 0.531. The molecule has 1 atom stereocenters. The molecule has 2 N–H and O–H groups in total. The molecule has 0 bridgehead atoms. The molecule has 0 spiro atoms. The van der Waals surface area contributed by atoms with Gasteiger partial charge in [0.2, 0.25) is 15.9 Å². The highest BCUT2D eigenvalue weighted by Crippen LogP contribution is 2.06. The standard InChI is InChI=1S/C22H29N3O4S/c1-3-30(28,29)25(2)16-10-15-23-22(27)20(17-18-11-6-4-7-12-18)24-21(26)19-13-8-5-9-14-19/h4-9,11-14,20H,3,10,15-17H2,1-2H3,(H,23,27)(H,24,26). The molecular formula is C22H29N3O4S. The van der Waals surface area contributed by atoms with E-state index in [4.69, 9.17) is 0 Å². The van der Waals surface area contributed by atoms with Crippen molar-refractivity contribution in [3.05, 3.63) is 71.8 Å². The minimum Gasteiger partial charge on any atom is -0.354 e. The zero-order chi connectivity index (χ0) is 22.0. The Morgan fingerprint density at radius 3 is 2.20 bits per heavy atom. The Morgan fingerprint density at radius 1 is 1.00 bits per heavy atom. The molecule has 0 aliphatic heterocycles. The number of carbonyl (C=O) groups excluding carboxylic acids is 2. The highest BCUT2D eigenvalue weighted by Gasteiger charge is 2.22. The van der Waals surface area contributed by atoms with E-state index in [1.165, 1.54) is 11.4 Å². The van der Waals surface area contributed by atoms with Crippen molar-refractivity contribution in [3.63, 3.8) is 0 Å². The van der Waals surface area contributed by atoms with Crippen LogP contribution in [0.4, 0.5) is 0 Å². The second-order valence-corrected chi connectivity index (χ2v) is 9.31. The predicted molar refractivity (Wildman–Crippen MR) is 118 cm³/mol. The van der Waals surface area contributed by atoms with Crippen molar-refractivity contribution in [2.75, 3.05) is 25.9 Å². The van der Waals surface area contributed by atoms with Gasteiger partial charge in [0.15, 0.2) is 0 Å². The SMILES string of the molecule is CCS(=O)(=O)N(C)CCCNC(=O)C(Cc1ccccc1)NC(=O)c1ccccc1. The minimum absolute atomic E-state index is 0.0422. The van der Waals surface area contributed by atoms with Crippen LogP contribution in [0.5, 0.6) is 0 Å². The van der Waals surface area contributed by atoms with Crippen molar-refractivity contribution in [2.45, 2.75) is 25.8 Å². The van der Waals surface area contributed by atoms with Crippen molar-refractivity contribution in [1.82, 2.24) is 14.9 Å². The number of carbonyl (C=O) groups is 2. The lowest BCUT2D eigenvalue weighted by molar-refractivity contribution is -0.122. The van der Waals surface area contributed by atoms with E-state index in [2.05, 4.69) is 10.6 Å². The molecule has 2 amide bonds. The molecule has 0 saturated carbocycles. The first-order valence-electron chi connectivity index (χ1n) is 9.95. The van der Waals surface area contributed by atoms with Crippen LogP contribution >= 0.6 is 0 Å². The number of rotatable bonds is 11. The average molecular weight is 432 g/mol. The van der Waals surface area contributed by atoms with E-state index in [1.807, 2.05) is 36.4 Å². The van der Waals surface area contributed by atoms with Gasteiger partial charge in [0, 0.05) is 32.1 Å². The summed E-state index contributed by atoms with van der Waals surface area (Å²) in [4.78, 5) is 25.3. The van der Waals surface area contributed by atoms with Crippen molar-refractivity contribution in [2.24, 2.45) is 0 Å². The fraction of sp³-hybridized carbons (Fsp3) is 0.364. The van der Waals surface area contributed by atoms with E-state index < -0.39 is 16.1 Å². The summed E-state index contributed by atoms with van der Waals surface area (Å²) in [5, 5.41) is 5.62. The van der Waals surface area contributed by atoms with Gasteiger partial charge in [-0.3, -0.25) is 9.59 Å². The van der Waals surface area contributed by atoms with Crippen LogP contribution in [0.1, 0.15) is 29.3 Å². The maximum atomic E-state index is 12.8. The first-order chi connectivity index (χ1) is 14.3. The van der Waals surface area contributed by atoms with Crippen molar-refractivity contribution >= 4 is 21.8 Å². The van der Waals surface area contributed by atoms with Gasteiger partial charge < -0.3 is 10.6 Å². The topological polar surface area (TPSA) is 95.6 Å². The number of nitrogens with one attached hydrogen (secondary N) is 2. The highest BCUT2D eigenvalue weighted by atomic mass is 32.2. The molecule has 2 aromatic carbocycles. The summed E-state index contributed by atoms with van der Waals surface area (Å²) in [7, 11) is -1.71. The molecule has 0 aromatic heterocycles. The molecule has 7 nitrogen and oxygen atoms in total. The number of nitrogens with zero attached hydrogens (tertiary/aromatic N) is 1. The molecule has 162 valence electrons. The van der Waals surface area contributed by atoms with Gasteiger partial charge in [-0.15, -0.1) is 0 Å². The van der Waals surface area contributed by atoms with E-state index in [-0.39, 0.29) is 17.6 Å². The number of benzene rings is 2. The molecule has 0 heterocycles. The maximum Gasteiger partial charge on any atom is 0.251 e. The highest BCUT2D eigenvalue weighted by molar-refractivity contribution is 7.89. The molecular weight excluding hydrogens is 402 g/mol. The molecule has 2 aromatic rings. The Bertz CT molecular complexity index is 918. The van der Waals surface area contributed by atoms with E-state index >= 15 is 0 Å². The molecule has 8 heteroatoms. The zero-order valence-electron chi connectivity index (χ0n) is 17.4. The zero-order valence-corrected chi connectivity index (χ0v) is 18.2. The average Bonchev–Trinajstić information content (AvgIpc) is 2.77.